The van der Waals surface area contributed by atoms with E-state index in [9.17, 15) is 18.5 Å². The van der Waals surface area contributed by atoms with E-state index < -0.39 is 32.4 Å². The zero-order valence-electron chi connectivity index (χ0n) is 12.2. The van der Waals surface area contributed by atoms with Crippen LogP contribution in [0.1, 0.15) is 24.0 Å². The van der Waals surface area contributed by atoms with Gasteiger partial charge in [-0.1, -0.05) is 29.8 Å². The molecule has 3 atom stereocenters. The highest BCUT2D eigenvalue weighted by Gasteiger charge is 2.76. The van der Waals surface area contributed by atoms with E-state index in [4.69, 9.17) is 4.74 Å². The molecule has 0 spiro atoms. The first-order chi connectivity index (χ1) is 9.79. The molecule has 0 bridgehead atoms. The normalized spacial score (nSPS) is 27.7. The lowest BCUT2D eigenvalue weighted by molar-refractivity contribution is -0.147. The molecule has 1 aliphatic carbocycles. The lowest BCUT2D eigenvalue weighted by Gasteiger charge is -2.08. The van der Waals surface area contributed by atoms with Gasteiger partial charge in [0.15, 0.2) is 15.3 Å². The molecule has 21 heavy (non-hydrogen) atoms. The van der Waals surface area contributed by atoms with Crippen molar-refractivity contribution in [1.82, 2.24) is 0 Å². The van der Waals surface area contributed by atoms with Crippen LogP contribution < -0.4 is 0 Å². The molecule has 0 heterocycles. The molecule has 1 aromatic carbocycles. The maximum atomic E-state index is 12.2. The SMILES string of the molecule is CCOC(=O)C1(C#N)C(c2ccc(C)cc2)C1S(C)(=O)=O. The van der Waals surface area contributed by atoms with Crippen LogP contribution in [0.5, 0.6) is 0 Å². The summed E-state index contributed by atoms with van der Waals surface area (Å²) in [6.07, 6.45) is 1.05. The Morgan fingerprint density at radius 3 is 2.38 bits per heavy atom. The summed E-state index contributed by atoms with van der Waals surface area (Å²) in [6.45, 7) is 3.65. The van der Waals surface area contributed by atoms with Crippen molar-refractivity contribution in [2.24, 2.45) is 5.41 Å². The molecule has 3 unspecified atom stereocenters. The van der Waals surface area contributed by atoms with Gasteiger partial charge in [-0.2, -0.15) is 5.26 Å². The van der Waals surface area contributed by atoms with Crippen LogP contribution in [0, 0.1) is 23.7 Å². The molecule has 0 radical (unpaired) electrons. The summed E-state index contributed by atoms with van der Waals surface area (Å²) < 4.78 is 28.9. The number of nitriles is 1. The minimum Gasteiger partial charge on any atom is -0.465 e. The monoisotopic (exact) mass is 307 g/mol. The van der Waals surface area contributed by atoms with Gasteiger partial charge < -0.3 is 4.74 Å². The van der Waals surface area contributed by atoms with E-state index in [0.29, 0.717) is 5.56 Å². The highest BCUT2D eigenvalue weighted by atomic mass is 32.2. The van der Waals surface area contributed by atoms with Gasteiger partial charge in [-0.25, -0.2) is 8.42 Å². The number of rotatable bonds is 4. The minimum absolute atomic E-state index is 0.110. The number of hydrogen-bond acceptors (Lipinski definition) is 5. The maximum absolute atomic E-state index is 12.2. The van der Waals surface area contributed by atoms with E-state index in [1.54, 1.807) is 19.1 Å². The Labute approximate surface area is 124 Å². The van der Waals surface area contributed by atoms with Gasteiger partial charge in [0.25, 0.3) is 0 Å². The molecule has 1 fully saturated rings. The van der Waals surface area contributed by atoms with Gasteiger partial charge in [-0.05, 0) is 19.4 Å². The van der Waals surface area contributed by atoms with Crippen molar-refractivity contribution in [3.63, 3.8) is 0 Å². The summed E-state index contributed by atoms with van der Waals surface area (Å²) in [6, 6.07) is 9.09. The predicted molar refractivity (Wildman–Crippen MR) is 77.2 cm³/mol. The van der Waals surface area contributed by atoms with Crippen molar-refractivity contribution in [2.45, 2.75) is 25.0 Å². The highest BCUT2D eigenvalue weighted by molar-refractivity contribution is 7.91. The summed E-state index contributed by atoms with van der Waals surface area (Å²) in [7, 11) is -3.54. The third kappa shape index (κ3) is 2.42. The van der Waals surface area contributed by atoms with Crippen molar-refractivity contribution in [2.75, 3.05) is 12.9 Å². The molecule has 112 valence electrons. The fourth-order valence-corrected chi connectivity index (χ4v) is 4.58. The first-order valence-corrected chi connectivity index (χ1v) is 8.58. The number of carbonyl (C=O) groups excluding carboxylic acids is 1. The van der Waals surface area contributed by atoms with Gasteiger partial charge in [0, 0.05) is 12.2 Å². The summed E-state index contributed by atoms with van der Waals surface area (Å²) in [5.74, 6) is -1.43. The molecule has 0 saturated heterocycles. The van der Waals surface area contributed by atoms with Crippen molar-refractivity contribution >= 4 is 15.8 Å². The number of esters is 1. The number of ether oxygens (including phenoxy) is 1. The summed E-state index contributed by atoms with van der Waals surface area (Å²) in [5.41, 5.74) is 0.0680. The Bertz CT molecular complexity index is 702. The van der Waals surface area contributed by atoms with Crippen molar-refractivity contribution < 1.29 is 17.9 Å². The van der Waals surface area contributed by atoms with Gasteiger partial charge >= 0.3 is 5.97 Å². The van der Waals surface area contributed by atoms with Crippen molar-refractivity contribution in [1.29, 1.82) is 5.26 Å². The fraction of sp³-hybridized carbons (Fsp3) is 0.467. The Morgan fingerprint density at radius 1 is 1.38 bits per heavy atom. The van der Waals surface area contributed by atoms with E-state index in [0.717, 1.165) is 11.8 Å². The second kappa shape index (κ2) is 5.15. The summed E-state index contributed by atoms with van der Waals surface area (Å²) in [4.78, 5) is 12.2. The lowest BCUT2D eigenvalue weighted by Crippen LogP contribution is -2.24. The second-order valence-electron chi connectivity index (χ2n) is 5.34. The molecule has 2 rings (SSSR count). The average Bonchev–Trinajstić information content (AvgIpc) is 3.10. The molecule has 0 amide bonds. The van der Waals surface area contributed by atoms with Crippen molar-refractivity contribution in [3.05, 3.63) is 35.4 Å². The van der Waals surface area contributed by atoms with Gasteiger partial charge in [-0.15, -0.1) is 0 Å². The Kier molecular flexibility index (Phi) is 3.81. The van der Waals surface area contributed by atoms with E-state index in [1.807, 2.05) is 25.1 Å². The van der Waals surface area contributed by atoms with E-state index in [2.05, 4.69) is 0 Å². The number of benzene rings is 1. The molecule has 1 aromatic rings. The Hall–Kier alpha value is -1.87. The Balaban J connectivity index is 2.50. The largest absolute Gasteiger partial charge is 0.465 e. The van der Waals surface area contributed by atoms with Gasteiger partial charge in [-0.3, -0.25) is 4.79 Å². The van der Waals surface area contributed by atoms with E-state index in [1.165, 1.54) is 0 Å². The maximum Gasteiger partial charge on any atom is 0.328 e. The standard InChI is InChI=1S/C15H17NO4S/c1-4-20-14(17)15(9-16)12(13(15)21(3,18)19)11-7-5-10(2)6-8-11/h5-8,12-13H,4H2,1-3H3. The third-order valence-corrected chi connectivity index (χ3v) is 5.40. The van der Waals surface area contributed by atoms with Crippen LogP contribution in [0.25, 0.3) is 0 Å². The quantitative estimate of drug-likeness (QED) is 0.788. The van der Waals surface area contributed by atoms with E-state index in [-0.39, 0.29) is 6.61 Å². The molecule has 5 nitrogen and oxygen atoms in total. The van der Waals surface area contributed by atoms with Gasteiger partial charge in [0.2, 0.25) is 0 Å². The first kappa shape index (κ1) is 15.5. The smallest absolute Gasteiger partial charge is 0.328 e. The van der Waals surface area contributed by atoms with Crippen molar-refractivity contribution in [3.8, 4) is 6.07 Å². The topological polar surface area (TPSA) is 84.2 Å². The summed E-state index contributed by atoms with van der Waals surface area (Å²) >= 11 is 0. The Morgan fingerprint density at radius 2 is 1.95 bits per heavy atom. The van der Waals surface area contributed by atoms with Crippen LogP contribution in [-0.4, -0.2) is 32.5 Å². The molecule has 1 aliphatic rings. The number of aryl methyl sites for hydroxylation is 1. The van der Waals surface area contributed by atoms with Crippen LogP contribution >= 0.6 is 0 Å². The van der Waals surface area contributed by atoms with Crippen LogP contribution in [0.4, 0.5) is 0 Å². The molecular weight excluding hydrogens is 290 g/mol. The minimum atomic E-state index is -3.54. The fourth-order valence-electron chi connectivity index (χ4n) is 2.82. The molecule has 0 N–H and O–H groups in total. The third-order valence-electron chi connectivity index (χ3n) is 3.83. The second-order valence-corrected chi connectivity index (χ2v) is 7.51. The molecular formula is C15H17NO4S. The summed E-state index contributed by atoms with van der Waals surface area (Å²) in [5, 5.41) is 8.41. The molecule has 1 saturated carbocycles. The van der Waals surface area contributed by atoms with E-state index >= 15 is 0 Å². The zero-order chi connectivity index (χ0) is 15.8. The number of carbonyl (C=O) groups is 1. The highest BCUT2D eigenvalue weighted by Crippen LogP contribution is 2.63. The lowest BCUT2D eigenvalue weighted by atomic mass is 10.00. The van der Waals surface area contributed by atoms with Gasteiger partial charge in [0.05, 0.1) is 12.7 Å². The van der Waals surface area contributed by atoms with Crippen LogP contribution in [-0.2, 0) is 19.4 Å². The number of sulfone groups is 1. The zero-order valence-corrected chi connectivity index (χ0v) is 13.0. The average molecular weight is 307 g/mol. The molecule has 6 heteroatoms. The number of hydrogen-bond donors (Lipinski definition) is 0. The molecule has 0 aliphatic heterocycles. The predicted octanol–water partition coefficient (Wildman–Crippen LogP) is 1.58. The van der Waals surface area contributed by atoms with Crippen LogP contribution in [0.15, 0.2) is 24.3 Å². The van der Waals surface area contributed by atoms with Gasteiger partial charge in [0.1, 0.15) is 5.25 Å². The number of nitrogens with zero attached hydrogens (tertiary/aromatic N) is 1. The first-order valence-electron chi connectivity index (χ1n) is 6.63. The van der Waals surface area contributed by atoms with Crippen LogP contribution in [0.3, 0.4) is 0 Å². The van der Waals surface area contributed by atoms with Crippen LogP contribution in [0.2, 0.25) is 0 Å². The molecule has 0 aromatic heterocycles.